The molecule has 0 aromatic heterocycles. The Hall–Kier alpha value is -0.120. The molecule has 3 nitrogen and oxygen atoms in total. The molecule has 3 heteroatoms. The van der Waals surface area contributed by atoms with Crippen molar-refractivity contribution in [3.05, 3.63) is 0 Å². The van der Waals surface area contributed by atoms with E-state index in [1.54, 1.807) is 0 Å². The van der Waals surface area contributed by atoms with Crippen molar-refractivity contribution in [1.82, 2.24) is 9.80 Å². The second-order valence-electron chi connectivity index (χ2n) is 5.26. The quantitative estimate of drug-likeness (QED) is 0.744. The van der Waals surface area contributed by atoms with Crippen LogP contribution in [0.25, 0.3) is 0 Å². The summed E-state index contributed by atoms with van der Waals surface area (Å²) in [7, 11) is 0. The molecule has 16 heavy (non-hydrogen) atoms. The first kappa shape index (κ1) is 13.9. The molecule has 1 aliphatic heterocycles. The van der Waals surface area contributed by atoms with Gasteiger partial charge in [-0.15, -0.1) is 0 Å². The standard InChI is InChI=1S/C13H29N3/c1-4-13(3)16-9-7-15(8-10-16)6-5-12(2)11-14/h12-13H,4-11,14H2,1-3H3. The van der Waals surface area contributed by atoms with Gasteiger partial charge in [0.1, 0.15) is 0 Å². The summed E-state index contributed by atoms with van der Waals surface area (Å²) in [5.41, 5.74) is 5.64. The summed E-state index contributed by atoms with van der Waals surface area (Å²) in [5.74, 6) is 0.674. The maximum absolute atomic E-state index is 5.64. The predicted molar refractivity (Wildman–Crippen MR) is 70.6 cm³/mol. The smallest absolute Gasteiger partial charge is 0.0113 e. The molecule has 0 aromatic carbocycles. The fourth-order valence-corrected chi connectivity index (χ4v) is 2.21. The monoisotopic (exact) mass is 227 g/mol. The summed E-state index contributed by atoms with van der Waals surface area (Å²) in [6.45, 7) is 13.9. The van der Waals surface area contributed by atoms with Crippen LogP contribution in [0, 0.1) is 5.92 Å². The lowest BCUT2D eigenvalue weighted by molar-refractivity contribution is 0.0974. The van der Waals surface area contributed by atoms with E-state index in [1.165, 1.54) is 45.6 Å². The summed E-state index contributed by atoms with van der Waals surface area (Å²) in [5, 5.41) is 0. The van der Waals surface area contributed by atoms with Crippen molar-refractivity contribution in [1.29, 1.82) is 0 Å². The lowest BCUT2D eigenvalue weighted by Gasteiger charge is -2.38. The molecule has 0 saturated carbocycles. The van der Waals surface area contributed by atoms with E-state index in [9.17, 15) is 0 Å². The second kappa shape index (κ2) is 7.25. The number of rotatable bonds is 6. The fourth-order valence-electron chi connectivity index (χ4n) is 2.21. The Morgan fingerprint density at radius 1 is 1.12 bits per heavy atom. The predicted octanol–water partition coefficient (Wildman–Crippen LogP) is 1.39. The van der Waals surface area contributed by atoms with Crippen molar-refractivity contribution in [2.75, 3.05) is 39.3 Å². The molecule has 1 rings (SSSR count). The van der Waals surface area contributed by atoms with Crippen LogP contribution in [-0.2, 0) is 0 Å². The molecule has 0 bridgehead atoms. The summed E-state index contributed by atoms with van der Waals surface area (Å²) in [6.07, 6.45) is 2.52. The maximum atomic E-state index is 5.64. The molecule has 0 spiro atoms. The van der Waals surface area contributed by atoms with Crippen LogP contribution in [0.5, 0.6) is 0 Å². The molecule has 2 atom stereocenters. The van der Waals surface area contributed by atoms with Gasteiger partial charge in [0, 0.05) is 32.2 Å². The van der Waals surface area contributed by atoms with Gasteiger partial charge in [0.15, 0.2) is 0 Å². The van der Waals surface area contributed by atoms with E-state index in [0.717, 1.165) is 12.6 Å². The lowest BCUT2D eigenvalue weighted by atomic mass is 10.1. The van der Waals surface area contributed by atoms with Gasteiger partial charge in [0.05, 0.1) is 0 Å². The van der Waals surface area contributed by atoms with E-state index in [0.29, 0.717) is 5.92 Å². The van der Waals surface area contributed by atoms with Crippen molar-refractivity contribution in [2.24, 2.45) is 11.7 Å². The van der Waals surface area contributed by atoms with Crippen molar-refractivity contribution < 1.29 is 0 Å². The molecule has 0 radical (unpaired) electrons. The molecule has 1 saturated heterocycles. The molecule has 96 valence electrons. The van der Waals surface area contributed by atoms with Crippen molar-refractivity contribution >= 4 is 0 Å². The largest absolute Gasteiger partial charge is 0.330 e. The van der Waals surface area contributed by atoms with E-state index in [4.69, 9.17) is 5.73 Å². The van der Waals surface area contributed by atoms with Gasteiger partial charge < -0.3 is 10.6 Å². The highest BCUT2D eigenvalue weighted by Crippen LogP contribution is 2.10. The zero-order valence-corrected chi connectivity index (χ0v) is 11.3. The van der Waals surface area contributed by atoms with Gasteiger partial charge >= 0.3 is 0 Å². The van der Waals surface area contributed by atoms with Crippen LogP contribution in [0.1, 0.15) is 33.6 Å². The second-order valence-corrected chi connectivity index (χ2v) is 5.26. The molecular weight excluding hydrogens is 198 g/mol. The number of piperazine rings is 1. The number of nitrogens with zero attached hydrogens (tertiary/aromatic N) is 2. The van der Waals surface area contributed by atoms with Crippen LogP contribution in [-0.4, -0.2) is 55.1 Å². The van der Waals surface area contributed by atoms with Crippen molar-refractivity contribution in [3.8, 4) is 0 Å². The Kier molecular flexibility index (Phi) is 6.32. The number of hydrogen-bond acceptors (Lipinski definition) is 3. The minimum atomic E-state index is 0.674. The van der Waals surface area contributed by atoms with E-state index in [2.05, 4.69) is 30.6 Å². The molecule has 1 fully saturated rings. The first-order chi connectivity index (χ1) is 7.67. The van der Waals surface area contributed by atoms with Gasteiger partial charge in [0.25, 0.3) is 0 Å². The van der Waals surface area contributed by atoms with Gasteiger partial charge in [-0.3, -0.25) is 4.90 Å². The van der Waals surface area contributed by atoms with Crippen LogP contribution in [0.2, 0.25) is 0 Å². The minimum absolute atomic E-state index is 0.674. The molecule has 0 aromatic rings. The van der Waals surface area contributed by atoms with Gasteiger partial charge in [-0.2, -0.15) is 0 Å². The third kappa shape index (κ3) is 4.40. The zero-order valence-electron chi connectivity index (χ0n) is 11.3. The summed E-state index contributed by atoms with van der Waals surface area (Å²) < 4.78 is 0. The van der Waals surface area contributed by atoms with Gasteiger partial charge in [-0.25, -0.2) is 0 Å². The van der Waals surface area contributed by atoms with E-state index < -0.39 is 0 Å². The third-order valence-corrected chi connectivity index (χ3v) is 3.96. The van der Waals surface area contributed by atoms with Gasteiger partial charge in [-0.1, -0.05) is 13.8 Å². The zero-order chi connectivity index (χ0) is 12.0. The lowest BCUT2D eigenvalue weighted by Crippen LogP contribution is -2.49. The van der Waals surface area contributed by atoms with Crippen molar-refractivity contribution in [3.63, 3.8) is 0 Å². The SMILES string of the molecule is CCC(C)N1CCN(CCC(C)CN)CC1. The highest BCUT2D eigenvalue weighted by molar-refractivity contribution is 4.75. The Bertz CT molecular complexity index is 176. The number of hydrogen-bond donors (Lipinski definition) is 1. The highest BCUT2D eigenvalue weighted by atomic mass is 15.3. The molecule has 1 heterocycles. The number of nitrogens with two attached hydrogens (primary N) is 1. The van der Waals surface area contributed by atoms with Crippen molar-refractivity contribution in [2.45, 2.75) is 39.7 Å². The molecule has 2 N–H and O–H groups in total. The first-order valence-electron chi connectivity index (χ1n) is 6.83. The molecule has 0 amide bonds. The molecule has 0 aliphatic carbocycles. The maximum Gasteiger partial charge on any atom is 0.0113 e. The Morgan fingerprint density at radius 3 is 2.25 bits per heavy atom. The minimum Gasteiger partial charge on any atom is -0.330 e. The van der Waals surface area contributed by atoms with Gasteiger partial charge in [-0.05, 0) is 38.8 Å². The topological polar surface area (TPSA) is 32.5 Å². The van der Waals surface area contributed by atoms with E-state index in [1.807, 2.05) is 0 Å². The molecular formula is C13H29N3. The molecule has 1 aliphatic rings. The van der Waals surface area contributed by atoms with Crippen LogP contribution in [0.4, 0.5) is 0 Å². The summed E-state index contributed by atoms with van der Waals surface area (Å²) >= 11 is 0. The van der Waals surface area contributed by atoms with E-state index in [-0.39, 0.29) is 0 Å². The van der Waals surface area contributed by atoms with Crippen LogP contribution >= 0.6 is 0 Å². The Balaban J connectivity index is 2.17. The van der Waals surface area contributed by atoms with Gasteiger partial charge in [0.2, 0.25) is 0 Å². The Labute approximate surface area is 101 Å². The molecule has 2 unspecified atom stereocenters. The van der Waals surface area contributed by atoms with Crippen LogP contribution < -0.4 is 5.73 Å². The van der Waals surface area contributed by atoms with Crippen LogP contribution in [0.3, 0.4) is 0 Å². The first-order valence-corrected chi connectivity index (χ1v) is 6.83. The summed E-state index contributed by atoms with van der Waals surface area (Å²) in [6, 6.07) is 0.755. The normalized spacial score (nSPS) is 23.2. The average Bonchev–Trinajstić information content (AvgIpc) is 2.35. The average molecular weight is 227 g/mol. The summed E-state index contributed by atoms with van der Waals surface area (Å²) in [4.78, 5) is 5.20. The van der Waals surface area contributed by atoms with Crippen LogP contribution in [0.15, 0.2) is 0 Å². The third-order valence-electron chi connectivity index (χ3n) is 3.96. The Morgan fingerprint density at radius 2 is 1.75 bits per heavy atom. The highest BCUT2D eigenvalue weighted by Gasteiger charge is 2.19. The fraction of sp³-hybridized carbons (Fsp3) is 1.00. The van der Waals surface area contributed by atoms with E-state index >= 15 is 0 Å².